The van der Waals surface area contributed by atoms with Crippen LogP contribution in [-0.2, 0) is 16.0 Å². The molecule has 6 heteroatoms. The van der Waals surface area contributed by atoms with E-state index in [4.69, 9.17) is 15.6 Å². The lowest BCUT2D eigenvalue weighted by molar-refractivity contribution is -0.136. The molecule has 0 atom stereocenters. The van der Waals surface area contributed by atoms with Crippen LogP contribution in [0.1, 0.15) is 5.69 Å². The predicted octanol–water partition coefficient (Wildman–Crippen LogP) is 0.659. The SMILES string of the molecule is NC(=O)COc1c(CC(=O)O)[nH]c2ccccc12. The lowest BCUT2D eigenvalue weighted by Gasteiger charge is -2.04. The van der Waals surface area contributed by atoms with E-state index in [1.165, 1.54) is 0 Å². The first-order chi connectivity index (χ1) is 8.58. The number of nitrogens with one attached hydrogen (secondary N) is 1. The highest BCUT2D eigenvalue weighted by Crippen LogP contribution is 2.30. The van der Waals surface area contributed by atoms with Crippen molar-refractivity contribution in [2.45, 2.75) is 6.42 Å². The molecule has 2 aromatic rings. The van der Waals surface area contributed by atoms with Gasteiger partial charge in [0.25, 0.3) is 5.91 Å². The molecule has 2 rings (SSSR count). The monoisotopic (exact) mass is 248 g/mol. The van der Waals surface area contributed by atoms with Gasteiger partial charge in [0.1, 0.15) is 5.75 Å². The molecule has 0 aliphatic heterocycles. The number of primary amides is 1. The van der Waals surface area contributed by atoms with Gasteiger partial charge in [0.15, 0.2) is 6.61 Å². The minimum absolute atomic E-state index is 0.206. The molecule has 94 valence electrons. The van der Waals surface area contributed by atoms with E-state index in [9.17, 15) is 9.59 Å². The van der Waals surface area contributed by atoms with Crippen molar-refractivity contribution in [3.63, 3.8) is 0 Å². The number of ether oxygens (including phenoxy) is 1. The van der Waals surface area contributed by atoms with E-state index in [-0.39, 0.29) is 13.0 Å². The van der Waals surface area contributed by atoms with E-state index < -0.39 is 11.9 Å². The van der Waals surface area contributed by atoms with Crippen LogP contribution in [0.2, 0.25) is 0 Å². The standard InChI is InChI=1S/C12H12N2O4/c13-10(15)6-18-12-7-3-1-2-4-8(7)14-9(12)5-11(16)17/h1-4,14H,5-6H2,(H2,13,15)(H,16,17). The number of carbonyl (C=O) groups is 2. The normalized spacial score (nSPS) is 10.4. The van der Waals surface area contributed by atoms with Gasteiger partial charge in [-0.1, -0.05) is 12.1 Å². The summed E-state index contributed by atoms with van der Waals surface area (Å²) in [6, 6.07) is 7.21. The van der Waals surface area contributed by atoms with Crippen LogP contribution in [0.3, 0.4) is 0 Å². The second kappa shape index (κ2) is 4.79. The van der Waals surface area contributed by atoms with Crippen molar-refractivity contribution in [3.8, 4) is 5.75 Å². The number of nitrogens with two attached hydrogens (primary N) is 1. The zero-order chi connectivity index (χ0) is 13.1. The molecule has 0 saturated carbocycles. The molecule has 0 aliphatic rings. The number of hydrogen-bond donors (Lipinski definition) is 3. The molecule has 1 amide bonds. The van der Waals surface area contributed by atoms with Crippen molar-refractivity contribution in [3.05, 3.63) is 30.0 Å². The molecule has 4 N–H and O–H groups in total. The van der Waals surface area contributed by atoms with Crippen LogP contribution in [0.15, 0.2) is 24.3 Å². The molecule has 6 nitrogen and oxygen atoms in total. The van der Waals surface area contributed by atoms with Crippen molar-refractivity contribution in [2.75, 3.05) is 6.61 Å². The van der Waals surface area contributed by atoms with Crippen molar-refractivity contribution >= 4 is 22.8 Å². The summed E-state index contributed by atoms with van der Waals surface area (Å²) in [5.41, 5.74) is 6.19. The van der Waals surface area contributed by atoms with Gasteiger partial charge >= 0.3 is 5.97 Å². The van der Waals surface area contributed by atoms with Crippen molar-refractivity contribution in [2.24, 2.45) is 5.73 Å². The third-order valence-electron chi connectivity index (χ3n) is 2.42. The number of carboxylic acid groups (broad SMARTS) is 1. The average molecular weight is 248 g/mol. The number of rotatable bonds is 5. The second-order valence-electron chi connectivity index (χ2n) is 3.80. The van der Waals surface area contributed by atoms with Crippen LogP contribution < -0.4 is 10.5 Å². The summed E-state index contributed by atoms with van der Waals surface area (Å²) in [7, 11) is 0. The van der Waals surface area contributed by atoms with Crippen LogP contribution in [0, 0.1) is 0 Å². The number of fused-ring (bicyclic) bond motifs is 1. The van der Waals surface area contributed by atoms with E-state index in [2.05, 4.69) is 4.98 Å². The summed E-state index contributed by atoms with van der Waals surface area (Å²) >= 11 is 0. The summed E-state index contributed by atoms with van der Waals surface area (Å²) < 4.78 is 5.28. The van der Waals surface area contributed by atoms with Crippen molar-refractivity contribution < 1.29 is 19.4 Å². The Labute approximate surface area is 102 Å². The Balaban J connectivity index is 2.43. The smallest absolute Gasteiger partial charge is 0.309 e. The second-order valence-corrected chi connectivity index (χ2v) is 3.80. The third kappa shape index (κ3) is 2.42. The van der Waals surface area contributed by atoms with Crippen molar-refractivity contribution in [1.29, 1.82) is 0 Å². The number of para-hydroxylation sites is 1. The molecule has 0 bridgehead atoms. The van der Waals surface area contributed by atoms with Crippen LogP contribution in [0.4, 0.5) is 0 Å². The summed E-state index contributed by atoms with van der Waals surface area (Å²) in [5, 5.41) is 9.56. The molecule has 1 aromatic carbocycles. The minimum atomic E-state index is -0.981. The summed E-state index contributed by atoms with van der Waals surface area (Å²) in [6.45, 7) is -0.283. The van der Waals surface area contributed by atoms with Gasteiger partial charge in [-0.3, -0.25) is 9.59 Å². The Bertz CT molecular complexity index is 603. The molecule has 18 heavy (non-hydrogen) atoms. The van der Waals surface area contributed by atoms with Gasteiger partial charge in [0, 0.05) is 10.9 Å². The van der Waals surface area contributed by atoms with Crippen LogP contribution in [-0.4, -0.2) is 28.6 Å². The Kier molecular flexibility index (Phi) is 3.18. The average Bonchev–Trinajstić information content (AvgIpc) is 2.62. The third-order valence-corrected chi connectivity index (χ3v) is 2.42. The highest BCUT2D eigenvalue weighted by Gasteiger charge is 2.15. The number of benzene rings is 1. The minimum Gasteiger partial charge on any atom is -0.481 e. The van der Waals surface area contributed by atoms with Crippen LogP contribution >= 0.6 is 0 Å². The molecule has 1 aromatic heterocycles. The highest BCUT2D eigenvalue weighted by atomic mass is 16.5. The Hall–Kier alpha value is -2.50. The first-order valence-electron chi connectivity index (χ1n) is 5.30. The van der Waals surface area contributed by atoms with E-state index in [0.29, 0.717) is 11.4 Å². The van der Waals surface area contributed by atoms with Gasteiger partial charge in [-0.2, -0.15) is 0 Å². The molecule has 0 unspecified atom stereocenters. The molecule has 0 fully saturated rings. The fourth-order valence-electron chi connectivity index (χ4n) is 1.76. The maximum Gasteiger partial charge on any atom is 0.309 e. The number of aromatic nitrogens is 1. The molecule has 0 aliphatic carbocycles. The number of hydrogen-bond acceptors (Lipinski definition) is 3. The largest absolute Gasteiger partial charge is 0.481 e. The predicted molar refractivity (Wildman–Crippen MR) is 64.3 cm³/mol. The summed E-state index contributed by atoms with van der Waals surface area (Å²) in [4.78, 5) is 24.5. The van der Waals surface area contributed by atoms with Crippen LogP contribution in [0.5, 0.6) is 5.75 Å². The van der Waals surface area contributed by atoms with E-state index >= 15 is 0 Å². The van der Waals surface area contributed by atoms with Crippen molar-refractivity contribution in [1.82, 2.24) is 4.98 Å². The molecular formula is C12H12N2O4. The first-order valence-corrected chi connectivity index (χ1v) is 5.30. The van der Waals surface area contributed by atoms with E-state index in [1.54, 1.807) is 18.2 Å². The fraction of sp³-hybridized carbons (Fsp3) is 0.167. The zero-order valence-corrected chi connectivity index (χ0v) is 9.47. The maximum atomic E-state index is 10.8. The van der Waals surface area contributed by atoms with Gasteiger partial charge in [0.05, 0.1) is 12.1 Å². The number of aromatic amines is 1. The summed E-state index contributed by atoms with van der Waals surface area (Å²) in [5.74, 6) is -1.22. The Morgan fingerprint density at radius 2 is 2.06 bits per heavy atom. The molecule has 0 spiro atoms. The molecular weight excluding hydrogens is 236 g/mol. The maximum absolute atomic E-state index is 10.8. The van der Waals surface area contributed by atoms with Gasteiger partial charge < -0.3 is 20.6 Å². The number of aliphatic carboxylic acids is 1. The number of carboxylic acids is 1. The molecule has 1 heterocycles. The van der Waals surface area contributed by atoms with Crippen LogP contribution in [0.25, 0.3) is 10.9 Å². The van der Waals surface area contributed by atoms with Gasteiger partial charge in [-0.15, -0.1) is 0 Å². The quantitative estimate of drug-likeness (QED) is 0.722. The summed E-state index contributed by atoms with van der Waals surface area (Å²) in [6.07, 6.45) is -0.206. The molecule has 0 radical (unpaired) electrons. The van der Waals surface area contributed by atoms with Gasteiger partial charge in [-0.25, -0.2) is 0 Å². The molecule has 0 saturated heterocycles. The lowest BCUT2D eigenvalue weighted by atomic mass is 10.2. The number of H-pyrrole nitrogens is 1. The lowest BCUT2D eigenvalue weighted by Crippen LogP contribution is -2.20. The topological polar surface area (TPSA) is 105 Å². The fourth-order valence-corrected chi connectivity index (χ4v) is 1.76. The Morgan fingerprint density at radius 1 is 1.33 bits per heavy atom. The Morgan fingerprint density at radius 3 is 2.72 bits per heavy atom. The van der Waals surface area contributed by atoms with E-state index in [0.717, 1.165) is 10.9 Å². The van der Waals surface area contributed by atoms with Gasteiger partial charge in [-0.05, 0) is 12.1 Å². The van der Waals surface area contributed by atoms with E-state index in [1.807, 2.05) is 6.07 Å². The zero-order valence-electron chi connectivity index (χ0n) is 9.47. The highest BCUT2D eigenvalue weighted by molar-refractivity contribution is 5.89. The van der Waals surface area contributed by atoms with Gasteiger partial charge in [0.2, 0.25) is 0 Å². The number of carbonyl (C=O) groups excluding carboxylic acids is 1. The number of amides is 1. The first kappa shape index (κ1) is 12.0.